The van der Waals surface area contributed by atoms with Gasteiger partial charge in [0.2, 0.25) is 0 Å². The van der Waals surface area contributed by atoms with Crippen molar-refractivity contribution < 1.29 is 0 Å². The molecule has 0 saturated carbocycles. The highest BCUT2D eigenvalue weighted by molar-refractivity contribution is 7.99. The third-order valence-corrected chi connectivity index (χ3v) is 4.24. The molecule has 0 radical (unpaired) electrons. The zero-order valence-corrected chi connectivity index (χ0v) is 11.5. The molecule has 2 rings (SSSR count). The summed E-state index contributed by atoms with van der Waals surface area (Å²) in [5, 5.41) is 5.08. The second-order valence-corrected chi connectivity index (χ2v) is 5.58. The highest BCUT2D eigenvalue weighted by Gasteiger charge is 2.12. The Labute approximate surface area is 107 Å². The first-order chi connectivity index (χ1) is 8.25. The van der Waals surface area contributed by atoms with Crippen molar-refractivity contribution in [2.24, 2.45) is 7.05 Å². The third-order valence-electron chi connectivity index (χ3n) is 3.12. The number of thioether (sulfide) groups is 1. The van der Waals surface area contributed by atoms with Crippen LogP contribution >= 0.6 is 11.8 Å². The second kappa shape index (κ2) is 6.37. The Morgan fingerprint density at radius 2 is 2.00 bits per heavy atom. The summed E-state index contributed by atoms with van der Waals surface area (Å²) in [6.45, 7) is 6.04. The lowest BCUT2D eigenvalue weighted by molar-refractivity contribution is 0.154. The molecule has 0 amide bonds. The molecule has 96 valence electrons. The van der Waals surface area contributed by atoms with Crippen LogP contribution < -0.4 is 0 Å². The summed E-state index contributed by atoms with van der Waals surface area (Å²) in [6.07, 6.45) is 2.84. The molecule has 0 atom stereocenters. The largest absolute Gasteiger partial charge is 0.304 e. The predicted octanol–water partition coefficient (Wildman–Crippen LogP) is 0.545. The summed E-state index contributed by atoms with van der Waals surface area (Å²) in [4.78, 5) is 9.15. The zero-order valence-electron chi connectivity index (χ0n) is 10.7. The van der Waals surface area contributed by atoms with Gasteiger partial charge in [0.05, 0.1) is 0 Å². The highest BCUT2D eigenvalue weighted by Crippen LogP contribution is 2.14. The van der Waals surface area contributed by atoms with E-state index >= 15 is 0 Å². The van der Waals surface area contributed by atoms with Gasteiger partial charge < -0.3 is 9.80 Å². The van der Waals surface area contributed by atoms with E-state index < -0.39 is 0 Å². The number of hydrogen-bond donors (Lipinski definition) is 0. The Balaban J connectivity index is 1.59. The number of piperazine rings is 1. The van der Waals surface area contributed by atoms with Gasteiger partial charge in [0.1, 0.15) is 6.33 Å². The molecule has 1 aliphatic heterocycles. The van der Waals surface area contributed by atoms with Gasteiger partial charge in [-0.25, -0.2) is 9.67 Å². The van der Waals surface area contributed by atoms with Crippen LogP contribution in [0.25, 0.3) is 0 Å². The molecule has 17 heavy (non-hydrogen) atoms. The summed E-state index contributed by atoms with van der Waals surface area (Å²) < 4.78 is 1.83. The van der Waals surface area contributed by atoms with Gasteiger partial charge in [-0.3, -0.25) is 0 Å². The summed E-state index contributed by atoms with van der Waals surface area (Å²) in [6, 6.07) is 0. The molecular formula is C11H21N5S. The van der Waals surface area contributed by atoms with Crippen molar-refractivity contribution in [3.8, 4) is 0 Å². The van der Waals surface area contributed by atoms with Crippen LogP contribution in [0.2, 0.25) is 0 Å². The van der Waals surface area contributed by atoms with Crippen molar-refractivity contribution in [1.29, 1.82) is 0 Å². The summed E-state index contributed by atoms with van der Waals surface area (Å²) in [7, 11) is 4.14. The molecule has 1 aromatic rings. The first-order valence-electron chi connectivity index (χ1n) is 6.13. The van der Waals surface area contributed by atoms with Crippen molar-refractivity contribution in [3.63, 3.8) is 0 Å². The third kappa shape index (κ3) is 3.97. The fraction of sp³-hybridized carbons (Fsp3) is 0.818. The van der Waals surface area contributed by atoms with Crippen molar-refractivity contribution in [2.45, 2.75) is 11.6 Å². The van der Waals surface area contributed by atoms with Crippen molar-refractivity contribution in [1.82, 2.24) is 24.6 Å². The van der Waals surface area contributed by atoms with Crippen LogP contribution in [0.4, 0.5) is 0 Å². The highest BCUT2D eigenvalue weighted by atomic mass is 32.2. The number of aromatic nitrogens is 3. The zero-order chi connectivity index (χ0) is 12.1. The van der Waals surface area contributed by atoms with Gasteiger partial charge in [-0.05, 0) is 20.0 Å². The van der Waals surface area contributed by atoms with E-state index in [0.717, 1.165) is 10.9 Å². The topological polar surface area (TPSA) is 37.2 Å². The maximum atomic E-state index is 4.20. The van der Waals surface area contributed by atoms with Crippen molar-refractivity contribution >= 4 is 11.8 Å². The van der Waals surface area contributed by atoms with Crippen LogP contribution in [0.1, 0.15) is 6.42 Å². The van der Waals surface area contributed by atoms with E-state index in [9.17, 15) is 0 Å². The smallest absolute Gasteiger partial charge is 0.185 e. The summed E-state index contributed by atoms with van der Waals surface area (Å²) in [5.41, 5.74) is 0. The second-order valence-electron chi connectivity index (χ2n) is 4.51. The maximum absolute atomic E-state index is 4.20. The number of rotatable bonds is 5. The number of aryl methyl sites for hydroxylation is 1. The van der Waals surface area contributed by atoms with E-state index in [1.165, 1.54) is 39.1 Å². The fourth-order valence-electron chi connectivity index (χ4n) is 1.94. The number of hydrogen-bond acceptors (Lipinski definition) is 5. The van der Waals surface area contributed by atoms with E-state index in [0.29, 0.717) is 0 Å². The lowest BCUT2D eigenvalue weighted by Crippen LogP contribution is -2.44. The monoisotopic (exact) mass is 255 g/mol. The van der Waals surface area contributed by atoms with E-state index in [2.05, 4.69) is 26.9 Å². The molecule has 2 heterocycles. The van der Waals surface area contributed by atoms with Crippen LogP contribution in [0.3, 0.4) is 0 Å². The molecule has 0 aromatic carbocycles. The van der Waals surface area contributed by atoms with Crippen LogP contribution in [0, 0.1) is 0 Å². The maximum Gasteiger partial charge on any atom is 0.185 e. The molecule has 0 bridgehead atoms. The first-order valence-corrected chi connectivity index (χ1v) is 7.12. The van der Waals surface area contributed by atoms with E-state index in [1.54, 1.807) is 18.1 Å². The Kier molecular flexibility index (Phi) is 4.82. The molecule has 1 saturated heterocycles. The normalized spacial score (nSPS) is 18.7. The minimum Gasteiger partial charge on any atom is -0.304 e. The summed E-state index contributed by atoms with van der Waals surface area (Å²) in [5.74, 6) is 1.12. The molecule has 0 aliphatic carbocycles. The predicted molar refractivity (Wildman–Crippen MR) is 70.3 cm³/mol. The SMILES string of the molecule is CN1CCN(CCCSc2ncnn2C)CC1. The van der Waals surface area contributed by atoms with Gasteiger partial charge in [0.25, 0.3) is 0 Å². The molecular weight excluding hydrogens is 234 g/mol. The average molecular weight is 255 g/mol. The minimum absolute atomic E-state index is 1.02. The Morgan fingerprint density at radius 1 is 1.24 bits per heavy atom. The number of likely N-dealkylation sites (N-methyl/N-ethyl adjacent to an activating group) is 1. The summed E-state index contributed by atoms with van der Waals surface area (Å²) >= 11 is 1.80. The molecule has 0 N–H and O–H groups in total. The quantitative estimate of drug-likeness (QED) is 0.567. The van der Waals surface area contributed by atoms with Crippen molar-refractivity contribution in [2.75, 3.05) is 45.5 Å². The van der Waals surface area contributed by atoms with Gasteiger partial charge in [-0.15, -0.1) is 0 Å². The Bertz CT molecular complexity index is 332. The molecule has 6 heteroatoms. The molecule has 1 aliphatic rings. The first kappa shape index (κ1) is 12.9. The van der Waals surface area contributed by atoms with Gasteiger partial charge in [0.15, 0.2) is 5.16 Å². The molecule has 1 aromatic heterocycles. The van der Waals surface area contributed by atoms with Gasteiger partial charge >= 0.3 is 0 Å². The lowest BCUT2D eigenvalue weighted by Gasteiger charge is -2.32. The molecule has 0 unspecified atom stereocenters. The van der Waals surface area contributed by atoms with Gasteiger partial charge in [-0.2, -0.15) is 5.10 Å². The molecule has 1 fully saturated rings. The Morgan fingerprint density at radius 3 is 2.65 bits per heavy atom. The van der Waals surface area contributed by atoms with Crippen LogP contribution in [0.5, 0.6) is 0 Å². The van der Waals surface area contributed by atoms with E-state index in [4.69, 9.17) is 0 Å². The van der Waals surface area contributed by atoms with Crippen LogP contribution in [-0.2, 0) is 7.05 Å². The van der Waals surface area contributed by atoms with Crippen LogP contribution in [0.15, 0.2) is 11.5 Å². The fourth-order valence-corrected chi connectivity index (χ4v) is 2.75. The standard InChI is InChI=1S/C11H21N5S/c1-14-5-7-16(8-6-14)4-3-9-17-11-12-10-13-15(11)2/h10H,3-9H2,1-2H3. The van der Waals surface area contributed by atoms with Gasteiger partial charge in [0, 0.05) is 39.0 Å². The van der Waals surface area contributed by atoms with Crippen LogP contribution in [-0.4, -0.2) is 70.1 Å². The van der Waals surface area contributed by atoms with E-state index in [1.807, 2.05) is 11.7 Å². The van der Waals surface area contributed by atoms with Crippen molar-refractivity contribution in [3.05, 3.63) is 6.33 Å². The lowest BCUT2D eigenvalue weighted by atomic mass is 10.3. The number of nitrogens with zero attached hydrogens (tertiary/aromatic N) is 5. The Hall–Kier alpha value is -0.590. The van der Waals surface area contributed by atoms with Gasteiger partial charge in [-0.1, -0.05) is 11.8 Å². The molecule has 5 nitrogen and oxygen atoms in total. The minimum atomic E-state index is 1.02. The average Bonchev–Trinajstić information content (AvgIpc) is 2.73. The van der Waals surface area contributed by atoms with E-state index in [-0.39, 0.29) is 0 Å². The molecule has 0 spiro atoms.